The Morgan fingerprint density at radius 3 is 2.48 bits per heavy atom. The summed E-state index contributed by atoms with van der Waals surface area (Å²) < 4.78 is 45.2. The Balaban J connectivity index is 1.31. The van der Waals surface area contributed by atoms with Crippen molar-refractivity contribution in [3.8, 4) is 5.75 Å². The van der Waals surface area contributed by atoms with Gasteiger partial charge in [-0.05, 0) is 81.7 Å². The van der Waals surface area contributed by atoms with Crippen molar-refractivity contribution < 1.29 is 22.7 Å². The number of benzene rings is 2. The van der Waals surface area contributed by atoms with Gasteiger partial charge in [0.1, 0.15) is 23.0 Å². The van der Waals surface area contributed by atoms with E-state index in [-0.39, 0.29) is 22.8 Å². The van der Waals surface area contributed by atoms with Gasteiger partial charge in [-0.2, -0.15) is 13.2 Å². The highest BCUT2D eigenvalue weighted by atomic mass is 19.4. The maximum absolute atomic E-state index is 13.3. The van der Waals surface area contributed by atoms with Crippen molar-refractivity contribution >= 4 is 35.2 Å². The first kappa shape index (κ1) is 34.6. The largest absolute Gasteiger partial charge is 0.495 e. The van der Waals surface area contributed by atoms with E-state index in [1.54, 1.807) is 24.4 Å². The van der Waals surface area contributed by atoms with Gasteiger partial charge in [-0.25, -0.2) is 9.98 Å². The van der Waals surface area contributed by atoms with Crippen LogP contribution < -0.4 is 21.1 Å². The molecule has 0 saturated carbocycles. The van der Waals surface area contributed by atoms with Gasteiger partial charge in [0.25, 0.3) is 5.91 Å². The van der Waals surface area contributed by atoms with Crippen molar-refractivity contribution in [1.29, 1.82) is 0 Å². The van der Waals surface area contributed by atoms with Crippen LogP contribution in [0.5, 0.6) is 5.75 Å². The monoisotopic (exact) mass is 665 g/mol. The number of carbonyl (C=O) groups excluding carboxylic acids is 1. The Morgan fingerprint density at radius 2 is 1.81 bits per heavy atom. The number of ether oxygens (including phenoxy) is 1. The highest BCUT2D eigenvalue weighted by Gasteiger charge is 2.31. The normalized spacial score (nSPS) is 20.0. The quantitative estimate of drug-likeness (QED) is 0.370. The minimum Gasteiger partial charge on any atom is -0.495 e. The van der Waals surface area contributed by atoms with Crippen LogP contribution in [0.4, 0.5) is 24.5 Å². The van der Waals surface area contributed by atoms with Crippen molar-refractivity contribution in [3.63, 3.8) is 0 Å². The lowest BCUT2D eigenvalue weighted by Gasteiger charge is -2.38. The van der Waals surface area contributed by atoms with Crippen molar-refractivity contribution in [2.24, 2.45) is 26.6 Å². The first-order valence-corrected chi connectivity index (χ1v) is 15.9. The number of aryl methyl sites for hydroxylation is 1. The number of alkyl halides is 3. The molecule has 3 heterocycles. The average Bonchev–Trinajstić information content (AvgIpc) is 3.07. The minimum atomic E-state index is -4.59. The third-order valence-electron chi connectivity index (χ3n) is 8.80. The van der Waals surface area contributed by atoms with Crippen LogP contribution in [-0.4, -0.2) is 98.5 Å². The molecule has 14 heteroatoms. The molecule has 2 aromatic carbocycles. The van der Waals surface area contributed by atoms with Gasteiger partial charge in [-0.3, -0.25) is 14.7 Å². The van der Waals surface area contributed by atoms with Gasteiger partial charge >= 0.3 is 6.18 Å². The zero-order chi connectivity index (χ0) is 34.4. The standard InChI is InChI=1S/C34H42F3N9O2/c1-5-39-28-20-40-33(46-16-14-45(15-17-46)21-23-10-12-44(3)13-11-23)43-30(28)31(38)41-26-18-24(7-6-22(26)2)32(47)42-27-19-25(34(35,36)37)8-9-29(27)48-4/h5-9,18-20,23,41H,1,10-17,21,38H2,2-4H3,(H,42,47)/b31-30-,39-28-. The average molecular weight is 666 g/mol. The second-order valence-electron chi connectivity index (χ2n) is 12.2. The molecule has 5 rings (SSSR count). The van der Waals surface area contributed by atoms with Crippen LogP contribution in [0.2, 0.25) is 0 Å². The lowest BCUT2D eigenvalue weighted by atomic mass is 9.96. The molecule has 2 fully saturated rings. The maximum atomic E-state index is 13.3. The molecule has 256 valence electrons. The van der Waals surface area contributed by atoms with Gasteiger partial charge in [0.15, 0.2) is 0 Å². The van der Waals surface area contributed by atoms with Crippen molar-refractivity contribution in [2.45, 2.75) is 25.9 Å². The third-order valence-corrected chi connectivity index (χ3v) is 8.80. The molecule has 0 bridgehead atoms. The third kappa shape index (κ3) is 8.42. The van der Waals surface area contributed by atoms with Gasteiger partial charge in [0.2, 0.25) is 5.96 Å². The molecular formula is C34H42F3N9O2. The molecule has 11 nitrogen and oxygen atoms in total. The number of halogens is 3. The lowest BCUT2D eigenvalue weighted by molar-refractivity contribution is -0.137. The zero-order valence-corrected chi connectivity index (χ0v) is 27.5. The van der Waals surface area contributed by atoms with Gasteiger partial charge in [-0.15, -0.1) is 0 Å². The molecule has 48 heavy (non-hydrogen) atoms. The topological polar surface area (TPSA) is 123 Å². The van der Waals surface area contributed by atoms with E-state index in [2.05, 4.69) is 48.9 Å². The fourth-order valence-corrected chi connectivity index (χ4v) is 5.93. The molecule has 0 aromatic heterocycles. The molecule has 3 aliphatic rings. The molecule has 3 aliphatic heterocycles. The van der Waals surface area contributed by atoms with Crippen LogP contribution in [0.3, 0.4) is 0 Å². The number of rotatable bonds is 8. The summed E-state index contributed by atoms with van der Waals surface area (Å²) in [5.41, 5.74) is 7.81. The van der Waals surface area contributed by atoms with E-state index in [1.807, 2.05) is 6.92 Å². The molecule has 0 radical (unpaired) electrons. The van der Waals surface area contributed by atoms with Crippen molar-refractivity contribution in [3.05, 3.63) is 77.4 Å². The van der Waals surface area contributed by atoms with Crippen molar-refractivity contribution in [1.82, 2.24) is 14.7 Å². The number of amides is 1. The molecule has 2 saturated heterocycles. The van der Waals surface area contributed by atoms with Gasteiger partial charge in [0, 0.05) is 50.2 Å². The number of piperazine rings is 1. The molecule has 0 unspecified atom stereocenters. The van der Waals surface area contributed by atoms with Gasteiger partial charge in [-0.1, -0.05) is 12.6 Å². The Kier molecular flexibility index (Phi) is 10.8. The predicted molar refractivity (Wildman–Crippen MR) is 184 cm³/mol. The number of nitrogens with one attached hydrogen (secondary N) is 2. The van der Waals surface area contributed by atoms with Gasteiger partial charge < -0.3 is 30.9 Å². The maximum Gasteiger partial charge on any atom is 0.416 e. The van der Waals surface area contributed by atoms with Crippen LogP contribution in [0.25, 0.3) is 0 Å². The predicted octanol–water partition coefficient (Wildman–Crippen LogP) is 4.80. The smallest absolute Gasteiger partial charge is 0.416 e. The van der Waals surface area contributed by atoms with Crippen LogP contribution in [-0.2, 0) is 6.18 Å². The molecule has 2 aromatic rings. The first-order valence-electron chi connectivity index (χ1n) is 15.9. The van der Waals surface area contributed by atoms with Crippen molar-refractivity contribution in [2.75, 3.05) is 70.6 Å². The number of guanidine groups is 1. The van der Waals surface area contributed by atoms with E-state index in [9.17, 15) is 18.0 Å². The Bertz CT molecular complexity index is 1630. The Morgan fingerprint density at radius 1 is 1.08 bits per heavy atom. The lowest BCUT2D eigenvalue weighted by Crippen LogP contribution is -2.50. The summed E-state index contributed by atoms with van der Waals surface area (Å²) in [5.74, 6) is 0.913. The molecule has 4 N–H and O–H groups in total. The van der Waals surface area contributed by atoms with Crippen LogP contribution in [0.1, 0.15) is 34.3 Å². The van der Waals surface area contributed by atoms with E-state index in [4.69, 9.17) is 15.5 Å². The first-order chi connectivity index (χ1) is 22.9. The number of methoxy groups -OCH3 is 1. The summed E-state index contributed by atoms with van der Waals surface area (Å²) in [7, 11) is 3.49. The Hall–Kier alpha value is -4.69. The number of hydrogen-bond acceptors (Lipinski definition) is 10. The van der Waals surface area contributed by atoms with E-state index in [0.29, 0.717) is 23.1 Å². The molecular weight excluding hydrogens is 623 g/mol. The fourth-order valence-electron chi connectivity index (χ4n) is 5.93. The number of aliphatic imine (C=N–C) groups is 3. The number of nitrogens with two attached hydrogens (primary N) is 1. The zero-order valence-electron chi connectivity index (χ0n) is 27.5. The van der Waals surface area contributed by atoms with Crippen LogP contribution in [0, 0.1) is 12.8 Å². The van der Waals surface area contributed by atoms with Crippen LogP contribution >= 0.6 is 0 Å². The van der Waals surface area contributed by atoms with E-state index in [1.165, 1.54) is 26.2 Å². The van der Waals surface area contributed by atoms with E-state index >= 15 is 0 Å². The number of likely N-dealkylation sites (tertiary alicyclic amines) is 1. The number of piperidine rings is 1. The highest BCUT2D eigenvalue weighted by Crippen LogP contribution is 2.35. The summed E-state index contributed by atoms with van der Waals surface area (Å²) >= 11 is 0. The molecule has 0 spiro atoms. The fraction of sp³-hybridized carbons (Fsp3) is 0.412. The number of hydrogen-bond donors (Lipinski definition) is 3. The van der Waals surface area contributed by atoms with E-state index in [0.717, 1.165) is 75.5 Å². The minimum absolute atomic E-state index is 0.0936. The second kappa shape index (κ2) is 15.0. The van der Waals surface area contributed by atoms with Crippen LogP contribution in [0.15, 0.2) is 75.7 Å². The number of nitrogens with zero attached hydrogens (tertiary/aromatic N) is 6. The second-order valence-corrected chi connectivity index (χ2v) is 12.2. The number of carbonyl (C=O) groups is 1. The molecule has 1 amide bonds. The number of allylic oxidation sites excluding steroid dienone is 1. The Labute approximate surface area is 278 Å². The summed E-state index contributed by atoms with van der Waals surface area (Å²) in [6.07, 6.45) is 0.875. The summed E-state index contributed by atoms with van der Waals surface area (Å²) in [5, 5.41) is 5.68. The molecule has 0 atom stereocenters. The van der Waals surface area contributed by atoms with E-state index < -0.39 is 17.6 Å². The highest BCUT2D eigenvalue weighted by molar-refractivity contribution is 6.41. The molecule has 0 aliphatic carbocycles. The summed E-state index contributed by atoms with van der Waals surface area (Å²) in [6.45, 7) is 12.3. The number of anilines is 2. The summed E-state index contributed by atoms with van der Waals surface area (Å²) in [4.78, 5) is 33.9. The summed E-state index contributed by atoms with van der Waals surface area (Å²) in [6, 6.07) is 7.73. The van der Waals surface area contributed by atoms with Gasteiger partial charge in [0.05, 0.1) is 24.6 Å². The SMILES string of the molecule is C=C/N=C1/C=NC(N2CCN(CC3CCN(C)CC3)CC2)=N/C1=C(/N)Nc1cc(C(=O)Nc2cc(C(F)(F)F)ccc2OC)ccc1C.